The zero-order chi connectivity index (χ0) is 10.2. The highest BCUT2D eigenvalue weighted by Crippen LogP contribution is 2.41. The molecule has 0 saturated carbocycles. The number of esters is 1. The fourth-order valence-corrected chi connectivity index (χ4v) is 5.25. The van der Waals surface area contributed by atoms with E-state index in [1.807, 2.05) is 0 Å². The van der Waals surface area contributed by atoms with Gasteiger partial charge in [0.25, 0.3) is 0 Å². The smallest absolute Gasteiger partial charge is 0.308 e. The van der Waals surface area contributed by atoms with E-state index in [1.165, 1.54) is 0 Å². The Morgan fingerprint density at radius 2 is 2.50 bits per heavy atom. The summed E-state index contributed by atoms with van der Waals surface area (Å²) in [6.07, 6.45) is 6.83. The molecule has 1 aliphatic heterocycles. The molecule has 1 N–H and O–H groups in total. The molecule has 1 heterocycles. The van der Waals surface area contributed by atoms with Crippen molar-refractivity contribution in [2.75, 3.05) is 12.5 Å². The lowest BCUT2D eigenvalue weighted by molar-refractivity contribution is -0.148. The van der Waals surface area contributed by atoms with Gasteiger partial charge >= 0.3 is 5.97 Å². The Morgan fingerprint density at radius 3 is 3.21 bits per heavy atom. The number of fused-ring (bicyclic) bond motifs is 1. The van der Waals surface area contributed by atoms with Crippen LogP contribution in [0.15, 0.2) is 12.2 Å². The summed E-state index contributed by atoms with van der Waals surface area (Å²) in [5.41, 5.74) is 0.294. The van der Waals surface area contributed by atoms with E-state index in [1.54, 1.807) is 0 Å². The molecule has 1 saturated heterocycles. The fourth-order valence-electron chi connectivity index (χ4n) is 2.41. The monoisotopic (exact) mass is 212 g/mol. The normalized spacial score (nSPS) is 41.7. The average molecular weight is 212 g/mol. The van der Waals surface area contributed by atoms with Gasteiger partial charge in [-0.1, -0.05) is 18.7 Å². The van der Waals surface area contributed by atoms with E-state index in [2.05, 4.69) is 18.7 Å². The molecule has 0 aromatic heterocycles. The van der Waals surface area contributed by atoms with Crippen LogP contribution in [0.5, 0.6) is 0 Å². The van der Waals surface area contributed by atoms with Gasteiger partial charge in [-0.15, -0.1) is 0 Å². The molecule has 0 radical (unpaired) electrons. The van der Waals surface area contributed by atoms with E-state index in [0.717, 1.165) is 12.8 Å². The van der Waals surface area contributed by atoms with Crippen molar-refractivity contribution in [3.63, 3.8) is 0 Å². The van der Waals surface area contributed by atoms with E-state index in [9.17, 15) is 9.90 Å². The summed E-state index contributed by atoms with van der Waals surface area (Å²) >= 11 is 0. The Morgan fingerprint density at radius 1 is 1.71 bits per heavy atom. The van der Waals surface area contributed by atoms with Gasteiger partial charge in [0.1, 0.15) is 8.07 Å². The minimum atomic E-state index is -1.79. The minimum Gasteiger partial charge on any atom is -0.469 e. The highest BCUT2D eigenvalue weighted by Gasteiger charge is 2.48. The molecular formula is C10H16O3Si. The Bertz CT molecular complexity index is 277. The number of rotatable bonds is 1. The number of allylic oxidation sites excluding steroid dienone is 2. The SMILES string of the molecule is C[Si]1(CO)COC(=O)C2CCC=CC21. The van der Waals surface area contributed by atoms with Crippen LogP contribution >= 0.6 is 0 Å². The summed E-state index contributed by atoms with van der Waals surface area (Å²) in [6, 6.07) is 0. The van der Waals surface area contributed by atoms with Crippen molar-refractivity contribution in [1.82, 2.24) is 0 Å². The Kier molecular flexibility index (Phi) is 2.49. The summed E-state index contributed by atoms with van der Waals surface area (Å²) in [5, 5.41) is 9.41. The van der Waals surface area contributed by atoms with Gasteiger partial charge in [-0.05, 0) is 18.4 Å². The third-order valence-corrected chi connectivity index (χ3v) is 7.16. The van der Waals surface area contributed by atoms with Crippen LogP contribution in [0.1, 0.15) is 12.8 Å². The molecule has 0 aromatic carbocycles. The lowest BCUT2D eigenvalue weighted by Crippen LogP contribution is -2.55. The fraction of sp³-hybridized carbons (Fsp3) is 0.700. The van der Waals surface area contributed by atoms with Gasteiger partial charge in [-0.2, -0.15) is 0 Å². The van der Waals surface area contributed by atoms with E-state index >= 15 is 0 Å². The summed E-state index contributed by atoms with van der Waals surface area (Å²) in [7, 11) is -1.79. The number of hydrogen-bond acceptors (Lipinski definition) is 3. The highest BCUT2D eigenvalue weighted by molar-refractivity contribution is 6.81. The Hall–Kier alpha value is -0.613. The first-order valence-electron chi connectivity index (χ1n) is 5.11. The second-order valence-corrected chi connectivity index (χ2v) is 9.14. The molecule has 0 spiro atoms. The topological polar surface area (TPSA) is 46.5 Å². The number of aliphatic hydroxyl groups excluding tert-OH is 1. The van der Waals surface area contributed by atoms with Crippen LogP contribution in [0, 0.1) is 5.92 Å². The van der Waals surface area contributed by atoms with Gasteiger partial charge < -0.3 is 9.84 Å². The molecule has 78 valence electrons. The molecule has 4 heteroatoms. The number of carbonyl (C=O) groups is 1. The van der Waals surface area contributed by atoms with Crippen molar-refractivity contribution in [1.29, 1.82) is 0 Å². The molecule has 0 amide bonds. The lowest BCUT2D eigenvalue weighted by atomic mass is 9.94. The van der Waals surface area contributed by atoms with Crippen LogP contribution in [0.25, 0.3) is 0 Å². The third-order valence-electron chi connectivity index (χ3n) is 3.43. The predicted molar refractivity (Wildman–Crippen MR) is 55.3 cm³/mol. The van der Waals surface area contributed by atoms with E-state index in [-0.39, 0.29) is 18.1 Å². The maximum atomic E-state index is 11.5. The second kappa shape index (κ2) is 3.51. The zero-order valence-electron chi connectivity index (χ0n) is 8.40. The van der Waals surface area contributed by atoms with E-state index in [0.29, 0.717) is 11.8 Å². The summed E-state index contributed by atoms with van der Waals surface area (Å²) in [5.74, 6) is -0.0321. The first-order chi connectivity index (χ1) is 6.67. The number of carbonyl (C=O) groups excluding carboxylic acids is 1. The molecular weight excluding hydrogens is 196 g/mol. The van der Waals surface area contributed by atoms with Crippen LogP contribution in [0.2, 0.25) is 12.1 Å². The quantitative estimate of drug-likeness (QED) is 0.401. The van der Waals surface area contributed by atoms with Gasteiger partial charge in [0.2, 0.25) is 0 Å². The number of aliphatic hydroxyl groups is 1. The molecule has 2 aliphatic rings. The van der Waals surface area contributed by atoms with Crippen LogP contribution < -0.4 is 0 Å². The number of cyclic esters (lactones) is 1. The van der Waals surface area contributed by atoms with E-state index < -0.39 is 8.07 Å². The van der Waals surface area contributed by atoms with Crippen LogP contribution in [0.3, 0.4) is 0 Å². The Labute approximate surface area is 84.8 Å². The molecule has 0 bridgehead atoms. The van der Waals surface area contributed by atoms with Crippen LogP contribution in [-0.4, -0.2) is 31.6 Å². The van der Waals surface area contributed by atoms with Gasteiger partial charge in [0, 0.05) is 6.23 Å². The lowest BCUT2D eigenvalue weighted by Gasteiger charge is -2.42. The van der Waals surface area contributed by atoms with Gasteiger partial charge in [0.15, 0.2) is 0 Å². The van der Waals surface area contributed by atoms with Crippen molar-refractivity contribution in [2.24, 2.45) is 5.92 Å². The molecule has 1 aliphatic carbocycles. The first-order valence-corrected chi connectivity index (χ1v) is 8.11. The number of ether oxygens (including phenoxy) is 1. The second-order valence-electron chi connectivity index (χ2n) is 4.56. The number of hydrogen-bond donors (Lipinski definition) is 1. The Balaban J connectivity index is 2.28. The maximum Gasteiger partial charge on any atom is 0.308 e. The van der Waals surface area contributed by atoms with Crippen molar-refractivity contribution >= 4 is 14.0 Å². The van der Waals surface area contributed by atoms with E-state index in [4.69, 9.17) is 4.74 Å². The molecule has 1 fully saturated rings. The molecule has 14 heavy (non-hydrogen) atoms. The molecule has 0 aromatic rings. The first kappa shape index (κ1) is 9.92. The van der Waals surface area contributed by atoms with Crippen molar-refractivity contribution in [3.05, 3.63) is 12.2 Å². The highest BCUT2D eigenvalue weighted by atomic mass is 28.3. The largest absolute Gasteiger partial charge is 0.469 e. The van der Waals surface area contributed by atoms with Crippen molar-refractivity contribution in [3.8, 4) is 0 Å². The third kappa shape index (κ3) is 1.42. The minimum absolute atomic E-state index is 0.0255. The van der Waals surface area contributed by atoms with Crippen molar-refractivity contribution in [2.45, 2.75) is 24.9 Å². The standard InChI is InChI=1S/C10H16O3Si/c1-14(6-11)7-13-10(12)8-4-2-3-5-9(8)14/h3,5,8-9,11H,2,4,6-7H2,1H3. The van der Waals surface area contributed by atoms with Gasteiger partial charge in [0.05, 0.1) is 12.1 Å². The van der Waals surface area contributed by atoms with Crippen LogP contribution in [-0.2, 0) is 9.53 Å². The molecule has 2 rings (SSSR count). The summed E-state index contributed by atoms with van der Waals surface area (Å²) in [6.45, 7) is 2.12. The summed E-state index contributed by atoms with van der Waals surface area (Å²) in [4.78, 5) is 11.5. The molecule has 3 unspecified atom stereocenters. The predicted octanol–water partition coefficient (Wildman–Crippen LogP) is 1.03. The molecule has 3 atom stereocenters. The molecule has 3 nitrogen and oxygen atoms in total. The zero-order valence-corrected chi connectivity index (χ0v) is 9.40. The maximum absolute atomic E-state index is 11.5. The van der Waals surface area contributed by atoms with Gasteiger partial charge in [-0.25, -0.2) is 0 Å². The average Bonchev–Trinajstić information content (AvgIpc) is 2.24. The van der Waals surface area contributed by atoms with Crippen molar-refractivity contribution < 1.29 is 14.6 Å². The van der Waals surface area contributed by atoms with Gasteiger partial charge in [-0.3, -0.25) is 4.79 Å². The summed E-state index contributed by atoms with van der Waals surface area (Å²) < 4.78 is 5.18. The van der Waals surface area contributed by atoms with Crippen LogP contribution in [0.4, 0.5) is 0 Å².